The summed E-state index contributed by atoms with van der Waals surface area (Å²) in [5.74, 6) is -0.593. The number of hydrogen-bond acceptors (Lipinski definition) is 5. The van der Waals surface area contributed by atoms with E-state index in [1.165, 1.54) is 11.3 Å². The molecule has 0 saturated carbocycles. The monoisotopic (exact) mass is 436 g/mol. The summed E-state index contributed by atoms with van der Waals surface area (Å²) in [5.41, 5.74) is 2.52. The molecule has 2 heterocycles. The van der Waals surface area contributed by atoms with Crippen LogP contribution in [0.5, 0.6) is 0 Å². The van der Waals surface area contributed by atoms with Gasteiger partial charge in [-0.1, -0.05) is 12.1 Å². The summed E-state index contributed by atoms with van der Waals surface area (Å²) in [6.07, 6.45) is -3.95. The van der Waals surface area contributed by atoms with Crippen molar-refractivity contribution in [1.82, 2.24) is 14.5 Å². The molecule has 0 atom stereocenters. The lowest BCUT2D eigenvalue weighted by Gasteiger charge is -2.16. The van der Waals surface area contributed by atoms with E-state index in [0.29, 0.717) is 31.0 Å². The fraction of sp³-hybridized carbons (Fsp3) is 0.250. The zero-order valence-electron chi connectivity index (χ0n) is 16.0. The summed E-state index contributed by atoms with van der Waals surface area (Å²) in [6.45, 7) is 0.781. The van der Waals surface area contributed by atoms with Gasteiger partial charge in [0.25, 0.3) is 5.56 Å². The summed E-state index contributed by atoms with van der Waals surface area (Å²) in [7, 11) is 1.95. The second-order valence-electron chi connectivity index (χ2n) is 6.78. The van der Waals surface area contributed by atoms with Gasteiger partial charge >= 0.3 is 6.18 Å². The van der Waals surface area contributed by atoms with Gasteiger partial charge in [0.1, 0.15) is 6.54 Å². The average Bonchev–Trinajstić information content (AvgIpc) is 3.15. The number of nitrogens with zero attached hydrogens (tertiary/aromatic N) is 3. The number of thiazole rings is 1. The van der Waals surface area contributed by atoms with E-state index in [4.69, 9.17) is 0 Å². The number of benzene rings is 1. The van der Waals surface area contributed by atoms with Gasteiger partial charge in [-0.05, 0) is 30.8 Å². The summed E-state index contributed by atoms with van der Waals surface area (Å²) in [6, 6.07) is 8.64. The standard InChI is InChI=1S/C20H19F3N4O2S/c1-26(10-17-12-30-13-24-17)8-14-3-2-4-16(7-14)25-18(28)11-27-9-15(20(21,22)23)5-6-19(27)29/h2-7,9,12-13H,8,10-11H2,1H3,(H,25,28). The molecule has 0 fully saturated rings. The van der Waals surface area contributed by atoms with E-state index in [-0.39, 0.29) is 0 Å². The number of carbonyl (C=O) groups excluding carboxylic acids is 1. The van der Waals surface area contributed by atoms with Crippen molar-refractivity contribution in [3.63, 3.8) is 0 Å². The van der Waals surface area contributed by atoms with E-state index in [2.05, 4.69) is 15.2 Å². The van der Waals surface area contributed by atoms with E-state index in [9.17, 15) is 22.8 Å². The van der Waals surface area contributed by atoms with Crippen LogP contribution in [0.1, 0.15) is 16.8 Å². The number of hydrogen-bond donors (Lipinski definition) is 1. The lowest BCUT2D eigenvalue weighted by Crippen LogP contribution is -2.28. The van der Waals surface area contributed by atoms with Crippen molar-refractivity contribution in [1.29, 1.82) is 0 Å². The Morgan fingerprint density at radius 1 is 1.23 bits per heavy atom. The maximum absolute atomic E-state index is 12.8. The molecule has 0 radical (unpaired) electrons. The molecule has 10 heteroatoms. The maximum Gasteiger partial charge on any atom is 0.417 e. The smallest absolute Gasteiger partial charge is 0.325 e. The number of nitrogens with one attached hydrogen (secondary N) is 1. The molecule has 3 aromatic rings. The van der Waals surface area contributed by atoms with Gasteiger partial charge in [0.05, 0.1) is 16.8 Å². The number of alkyl halides is 3. The van der Waals surface area contributed by atoms with Crippen LogP contribution in [-0.4, -0.2) is 27.4 Å². The highest BCUT2D eigenvalue weighted by molar-refractivity contribution is 7.07. The molecular formula is C20H19F3N4O2S. The van der Waals surface area contributed by atoms with Gasteiger partial charge in [0, 0.05) is 36.4 Å². The Labute approximate surface area is 174 Å². The fourth-order valence-electron chi connectivity index (χ4n) is 2.89. The number of halogens is 3. The van der Waals surface area contributed by atoms with Crippen molar-refractivity contribution in [3.05, 3.63) is 80.7 Å². The molecule has 6 nitrogen and oxygen atoms in total. The van der Waals surface area contributed by atoms with E-state index in [0.717, 1.165) is 21.9 Å². The minimum absolute atomic E-state index is 0.500. The van der Waals surface area contributed by atoms with E-state index >= 15 is 0 Å². The number of anilines is 1. The van der Waals surface area contributed by atoms with Crippen molar-refractivity contribution >= 4 is 22.9 Å². The highest BCUT2D eigenvalue weighted by atomic mass is 32.1. The van der Waals surface area contributed by atoms with E-state index < -0.39 is 29.8 Å². The number of rotatable bonds is 7. The Hall–Kier alpha value is -2.98. The maximum atomic E-state index is 12.8. The van der Waals surface area contributed by atoms with Crippen LogP contribution in [0.3, 0.4) is 0 Å². The molecule has 30 heavy (non-hydrogen) atoms. The van der Waals surface area contributed by atoms with Crippen molar-refractivity contribution in [2.75, 3.05) is 12.4 Å². The van der Waals surface area contributed by atoms with Gasteiger partial charge in [-0.15, -0.1) is 11.3 Å². The molecular weight excluding hydrogens is 417 g/mol. The molecule has 0 saturated heterocycles. The van der Waals surface area contributed by atoms with Crippen LogP contribution in [0.25, 0.3) is 0 Å². The third kappa shape index (κ3) is 6.01. The van der Waals surface area contributed by atoms with Crippen molar-refractivity contribution in [2.45, 2.75) is 25.8 Å². The Kier molecular flexibility index (Phi) is 6.68. The van der Waals surface area contributed by atoms with Gasteiger partial charge in [0.2, 0.25) is 5.91 Å². The molecule has 0 spiro atoms. The van der Waals surface area contributed by atoms with Crippen LogP contribution in [0, 0.1) is 0 Å². The van der Waals surface area contributed by atoms with Gasteiger partial charge in [-0.25, -0.2) is 4.98 Å². The zero-order chi connectivity index (χ0) is 21.7. The molecule has 0 unspecified atom stereocenters. The SMILES string of the molecule is CN(Cc1cccc(NC(=O)Cn2cc(C(F)(F)F)ccc2=O)c1)Cc1cscn1. The normalized spacial score (nSPS) is 11.6. The number of pyridine rings is 1. The second kappa shape index (κ2) is 9.23. The van der Waals surface area contributed by atoms with Gasteiger partial charge in [-0.2, -0.15) is 13.2 Å². The highest BCUT2D eigenvalue weighted by Gasteiger charge is 2.31. The van der Waals surface area contributed by atoms with Crippen LogP contribution in [-0.2, 0) is 30.6 Å². The first kappa shape index (κ1) is 21.7. The zero-order valence-corrected chi connectivity index (χ0v) is 16.8. The van der Waals surface area contributed by atoms with Crippen molar-refractivity contribution in [2.24, 2.45) is 0 Å². The second-order valence-corrected chi connectivity index (χ2v) is 7.50. The minimum atomic E-state index is -4.59. The molecule has 0 aliphatic carbocycles. The Balaban J connectivity index is 1.63. The lowest BCUT2D eigenvalue weighted by molar-refractivity contribution is -0.138. The quantitative estimate of drug-likeness (QED) is 0.615. The summed E-state index contributed by atoms with van der Waals surface area (Å²) in [4.78, 5) is 30.4. The fourth-order valence-corrected chi connectivity index (χ4v) is 3.43. The first-order valence-corrected chi connectivity index (χ1v) is 9.87. The number of carbonyl (C=O) groups is 1. The largest absolute Gasteiger partial charge is 0.417 e. The predicted molar refractivity (Wildman–Crippen MR) is 108 cm³/mol. The van der Waals surface area contributed by atoms with Crippen LogP contribution in [0.4, 0.5) is 18.9 Å². The van der Waals surface area contributed by atoms with Crippen LogP contribution in [0.2, 0.25) is 0 Å². The van der Waals surface area contributed by atoms with Crippen LogP contribution in [0.15, 0.2) is 58.3 Å². The molecule has 0 aliphatic rings. The molecule has 1 aromatic carbocycles. The molecule has 3 rings (SSSR count). The van der Waals surface area contributed by atoms with Gasteiger partial charge < -0.3 is 9.88 Å². The summed E-state index contributed by atoms with van der Waals surface area (Å²) in [5, 5.41) is 4.60. The highest BCUT2D eigenvalue weighted by Crippen LogP contribution is 2.28. The first-order chi connectivity index (χ1) is 14.2. The third-order valence-corrected chi connectivity index (χ3v) is 4.84. The number of aromatic nitrogens is 2. The van der Waals surface area contributed by atoms with E-state index in [1.807, 2.05) is 18.5 Å². The molecule has 0 bridgehead atoms. The molecule has 2 aromatic heterocycles. The summed E-state index contributed by atoms with van der Waals surface area (Å²) < 4.78 is 39.2. The number of amides is 1. The van der Waals surface area contributed by atoms with Crippen molar-refractivity contribution < 1.29 is 18.0 Å². The molecule has 1 amide bonds. The molecule has 0 aliphatic heterocycles. The Morgan fingerprint density at radius 2 is 2.03 bits per heavy atom. The lowest BCUT2D eigenvalue weighted by atomic mass is 10.2. The topological polar surface area (TPSA) is 67.2 Å². The third-order valence-electron chi connectivity index (χ3n) is 4.20. The predicted octanol–water partition coefficient (Wildman–Crippen LogP) is 3.59. The van der Waals surface area contributed by atoms with Gasteiger partial charge in [0.15, 0.2) is 0 Å². The Morgan fingerprint density at radius 3 is 2.73 bits per heavy atom. The molecule has 158 valence electrons. The van der Waals surface area contributed by atoms with Gasteiger partial charge in [-0.3, -0.25) is 14.5 Å². The average molecular weight is 436 g/mol. The molecule has 1 N–H and O–H groups in total. The Bertz CT molecular complexity index is 1060. The summed E-state index contributed by atoms with van der Waals surface area (Å²) >= 11 is 1.53. The minimum Gasteiger partial charge on any atom is -0.325 e. The van der Waals surface area contributed by atoms with Crippen molar-refractivity contribution in [3.8, 4) is 0 Å². The van der Waals surface area contributed by atoms with Crippen LogP contribution >= 0.6 is 11.3 Å². The first-order valence-electron chi connectivity index (χ1n) is 8.93. The van der Waals surface area contributed by atoms with E-state index in [1.54, 1.807) is 23.7 Å². The van der Waals surface area contributed by atoms with Crippen LogP contribution < -0.4 is 10.9 Å².